The van der Waals surface area contributed by atoms with Gasteiger partial charge in [0.1, 0.15) is 6.61 Å². The summed E-state index contributed by atoms with van der Waals surface area (Å²) < 4.78 is 15.4. The Kier molecular flexibility index (Phi) is 3.95. The van der Waals surface area contributed by atoms with E-state index in [-0.39, 0.29) is 12.4 Å². The minimum atomic E-state index is -0.625. The third kappa shape index (κ3) is 2.57. The van der Waals surface area contributed by atoms with E-state index in [1.165, 1.54) is 18.6 Å². The van der Waals surface area contributed by atoms with Crippen molar-refractivity contribution in [1.29, 1.82) is 0 Å². The van der Waals surface area contributed by atoms with Crippen molar-refractivity contribution < 1.29 is 19.1 Å². The Hall–Kier alpha value is -2.77. The largest absolute Gasteiger partial charge is 0.447 e. The van der Waals surface area contributed by atoms with Gasteiger partial charge in [-0.1, -0.05) is 24.3 Å². The lowest BCUT2D eigenvalue weighted by Gasteiger charge is -2.18. The lowest BCUT2D eigenvalue weighted by Crippen LogP contribution is -2.19. The van der Waals surface area contributed by atoms with Crippen LogP contribution in [0.2, 0.25) is 0 Å². The first-order chi connectivity index (χ1) is 12.2. The number of nitrogens with zero attached hydrogens (tertiary/aromatic N) is 1. The van der Waals surface area contributed by atoms with Gasteiger partial charge in [0.05, 0.1) is 28.3 Å². The van der Waals surface area contributed by atoms with Crippen molar-refractivity contribution >= 4 is 39.2 Å². The van der Waals surface area contributed by atoms with Crippen molar-refractivity contribution in [3.8, 4) is 11.3 Å². The van der Waals surface area contributed by atoms with Crippen LogP contribution in [0.5, 0.6) is 0 Å². The number of methoxy groups -OCH3 is 1. The van der Waals surface area contributed by atoms with Gasteiger partial charge in [-0.25, -0.2) is 4.79 Å². The van der Waals surface area contributed by atoms with Crippen LogP contribution in [0.1, 0.15) is 15.9 Å². The van der Waals surface area contributed by atoms with E-state index in [9.17, 15) is 9.59 Å². The number of ketones is 1. The van der Waals surface area contributed by atoms with Crippen LogP contribution in [-0.4, -0.2) is 36.6 Å². The second-order valence-corrected chi connectivity index (χ2v) is 6.33. The highest BCUT2D eigenvalue weighted by molar-refractivity contribution is 7.13. The van der Waals surface area contributed by atoms with Gasteiger partial charge >= 0.3 is 6.09 Å². The quantitative estimate of drug-likeness (QED) is 0.565. The molecule has 0 atom stereocenters. The number of hydrogen-bond donors (Lipinski definition) is 1. The zero-order chi connectivity index (χ0) is 17.4. The second kappa shape index (κ2) is 6.27. The monoisotopic (exact) mass is 354 g/mol. The number of ether oxygens (including phenoxy) is 2. The highest BCUT2D eigenvalue weighted by Gasteiger charge is 2.30. The molecular formula is C18H14N2O4S. The molecule has 1 aliphatic carbocycles. The van der Waals surface area contributed by atoms with Crippen molar-refractivity contribution in [3.05, 3.63) is 47.5 Å². The molecule has 0 aliphatic heterocycles. The van der Waals surface area contributed by atoms with E-state index in [4.69, 9.17) is 9.47 Å². The van der Waals surface area contributed by atoms with E-state index in [2.05, 4.69) is 9.69 Å². The van der Waals surface area contributed by atoms with Crippen LogP contribution in [0.3, 0.4) is 0 Å². The molecule has 7 heteroatoms. The molecule has 126 valence electrons. The van der Waals surface area contributed by atoms with Gasteiger partial charge in [-0.15, -0.1) is 0 Å². The number of carbonyl (C=O) groups is 2. The molecule has 1 N–H and O–H groups in total. The SMILES string of the molecule is COCCOC(=O)Nc1cccc2c1C(=O)c1cccc3snc-2c13. The van der Waals surface area contributed by atoms with Crippen molar-refractivity contribution in [2.45, 2.75) is 0 Å². The maximum Gasteiger partial charge on any atom is 0.411 e. The summed E-state index contributed by atoms with van der Waals surface area (Å²) in [5.41, 5.74) is 2.97. The summed E-state index contributed by atoms with van der Waals surface area (Å²) in [5.74, 6) is -0.124. The van der Waals surface area contributed by atoms with E-state index < -0.39 is 6.09 Å². The molecule has 0 radical (unpaired) electrons. The molecular weight excluding hydrogens is 340 g/mol. The van der Waals surface area contributed by atoms with Gasteiger partial charge in [0, 0.05) is 23.6 Å². The van der Waals surface area contributed by atoms with Crippen LogP contribution in [0.15, 0.2) is 36.4 Å². The van der Waals surface area contributed by atoms with Gasteiger partial charge < -0.3 is 9.47 Å². The average molecular weight is 354 g/mol. The lowest BCUT2D eigenvalue weighted by atomic mass is 9.86. The summed E-state index contributed by atoms with van der Waals surface area (Å²) in [6.45, 7) is 0.449. The first-order valence-electron chi connectivity index (χ1n) is 7.70. The zero-order valence-corrected chi connectivity index (χ0v) is 14.2. The molecule has 6 nitrogen and oxygen atoms in total. The number of fused-ring (bicyclic) bond motifs is 2. The fourth-order valence-corrected chi connectivity index (χ4v) is 3.78. The summed E-state index contributed by atoms with van der Waals surface area (Å²) in [5, 5.41) is 3.53. The van der Waals surface area contributed by atoms with Crippen LogP contribution in [-0.2, 0) is 9.47 Å². The topological polar surface area (TPSA) is 77.5 Å². The third-order valence-corrected chi connectivity index (χ3v) is 4.86. The second-order valence-electron chi connectivity index (χ2n) is 5.52. The Morgan fingerprint density at radius 1 is 1.16 bits per heavy atom. The number of nitrogens with one attached hydrogen (secondary N) is 1. The molecule has 1 aliphatic rings. The standard InChI is InChI=1S/C18H14N2O4S/c1-23-8-9-24-18(22)19-12-6-2-4-10-14(12)17(21)11-5-3-7-13-15(11)16(10)20-25-13/h2-7H,8-9H2,1H3,(H,19,22). The maximum absolute atomic E-state index is 13.0. The van der Waals surface area contributed by atoms with Crippen LogP contribution in [0, 0.1) is 0 Å². The predicted molar refractivity (Wildman–Crippen MR) is 95.3 cm³/mol. The van der Waals surface area contributed by atoms with Gasteiger partial charge in [-0.3, -0.25) is 10.1 Å². The summed E-state index contributed by atoms with van der Waals surface area (Å²) in [4.78, 5) is 25.0. The van der Waals surface area contributed by atoms with Crippen molar-refractivity contribution in [3.63, 3.8) is 0 Å². The van der Waals surface area contributed by atoms with Crippen LogP contribution < -0.4 is 5.32 Å². The van der Waals surface area contributed by atoms with Gasteiger partial charge in [0.15, 0.2) is 5.78 Å². The molecule has 25 heavy (non-hydrogen) atoms. The fraction of sp³-hybridized carbons (Fsp3) is 0.167. The zero-order valence-electron chi connectivity index (χ0n) is 13.4. The number of anilines is 1. The van der Waals surface area contributed by atoms with E-state index in [0.29, 0.717) is 23.4 Å². The summed E-state index contributed by atoms with van der Waals surface area (Å²) in [7, 11) is 1.53. The van der Waals surface area contributed by atoms with Gasteiger partial charge in [0.25, 0.3) is 0 Å². The highest BCUT2D eigenvalue weighted by Crippen LogP contribution is 2.42. The van der Waals surface area contributed by atoms with Crippen LogP contribution in [0.4, 0.5) is 10.5 Å². The Bertz CT molecular complexity index is 996. The smallest absolute Gasteiger partial charge is 0.411 e. The molecule has 3 aromatic rings. The van der Waals surface area contributed by atoms with E-state index >= 15 is 0 Å². The number of aromatic nitrogens is 1. The normalized spacial score (nSPS) is 12.1. The third-order valence-electron chi connectivity index (χ3n) is 4.05. The fourth-order valence-electron chi connectivity index (χ4n) is 2.96. The Balaban J connectivity index is 1.76. The van der Waals surface area contributed by atoms with E-state index in [0.717, 1.165) is 21.3 Å². The summed E-state index contributed by atoms with van der Waals surface area (Å²) in [6, 6.07) is 10.9. The first kappa shape index (κ1) is 15.7. The van der Waals surface area contributed by atoms with Gasteiger partial charge in [-0.2, -0.15) is 4.37 Å². The molecule has 0 bridgehead atoms. The van der Waals surface area contributed by atoms with Crippen molar-refractivity contribution in [2.75, 3.05) is 25.6 Å². The predicted octanol–water partition coefficient (Wildman–Crippen LogP) is 3.70. The molecule has 0 unspecified atom stereocenters. The molecule has 0 spiro atoms. The van der Waals surface area contributed by atoms with E-state index in [1.807, 2.05) is 18.2 Å². The Morgan fingerprint density at radius 3 is 2.80 bits per heavy atom. The van der Waals surface area contributed by atoms with Gasteiger partial charge in [0.2, 0.25) is 0 Å². The number of amides is 1. The Labute approximate surface area is 147 Å². The Morgan fingerprint density at radius 2 is 1.96 bits per heavy atom. The molecule has 1 amide bonds. The van der Waals surface area contributed by atoms with Gasteiger partial charge in [-0.05, 0) is 23.7 Å². The maximum atomic E-state index is 13.0. The molecule has 0 saturated carbocycles. The van der Waals surface area contributed by atoms with Crippen molar-refractivity contribution in [1.82, 2.24) is 4.37 Å². The number of rotatable bonds is 4. The number of hydrogen-bond acceptors (Lipinski definition) is 6. The molecule has 0 fully saturated rings. The van der Waals surface area contributed by atoms with Crippen LogP contribution in [0.25, 0.3) is 21.3 Å². The van der Waals surface area contributed by atoms with Crippen LogP contribution >= 0.6 is 11.5 Å². The molecule has 1 heterocycles. The first-order valence-corrected chi connectivity index (χ1v) is 8.47. The summed E-state index contributed by atoms with van der Waals surface area (Å²) >= 11 is 1.36. The minimum Gasteiger partial charge on any atom is -0.447 e. The minimum absolute atomic E-state index is 0.124. The number of benzene rings is 2. The summed E-state index contributed by atoms with van der Waals surface area (Å²) in [6.07, 6.45) is -0.625. The molecule has 2 aromatic carbocycles. The average Bonchev–Trinajstić information content (AvgIpc) is 3.05. The van der Waals surface area contributed by atoms with E-state index in [1.54, 1.807) is 18.2 Å². The highest BCUT2D eigenvalue weighted by atomic mass is 32.1. The molecule has 4 rings (SSSR count). The number of carbonyl (C=O) groups excluding carboxylic acids is 2. The van der Waals surface area contributed by atoms with Crippen molar-refractivity contribution in [2.24, 2.45) is 0 Å². The lowest BCUT2D eigenvalue weighted by molar-refractivity contribution is 0.104. The molecule has 1 aromatic heterocycles. The molecule has 0 saturated heterocycles.